The van der Waals surface area contributed by atoms with Crippen molar-refractivity contribution in [3.63, 3.8) is 0 Å². The predicted octanol–water partition coefficient (Wildman–Crippen LogP) is 5.00. The molecule has 3 N–H and O–H groups in total. The van der Waals surface area contributed by atoms with Crippen LogP contribution in [0.2, 0.25) is 0 Å². The molecule has 1 atom stereocenters. The topological polar surface area (TPSA) is 55.5 Å². The maximum atomic E-state index is 10.1. The van der Waals surface area contributed by atoms with E-state index in [0.717, 1.165) is 33.6 Å². The molecule has 0 aromatic heterocycles. The fraction of sp³-hybridized carbons (Fsp3) is 0.455. The Hall–Kier alpha value is -2.00. The van der Waals surface area contributed by atoms with Gasteiger partial charge in [0.25, 0.3) is 0 Å². The highest BCUT2D eigenvalue weighted by Crippen LogP contribution is 2.36. The summed E-state index contributed by atoms with van der Waals surface area (Å²) in [5, 5.41) is 10.1. The largest absolute Gasteiger partial charge is 0.507 e. The molecular weight excluding hydrogens is 310 g/mol. The SMILES string of the molecule is Cc1cc(C(C)(CN)Oc2c(C)cc(C(C)C)cc2C)cc(C)c1O. The van der Waals surface area contributed by atoms with Crippen LogP contribution in [0.1, 0.15) is 60.1 Å². The van der Waals surface area contributed by atoms with Crippen LogP contribution in [-0.4, -0.2) is 11.7 Å². The molecule has 0 saturated heterocycles. The molecule has 0 aliphatic rings. The van der Waals surface area contributed by atoms with Crippen LogP contribution in [0.5, 0.6) is 11.5 Å². The van der Waals surface area contributed by atoms with E-state index >= 15 is 0 Å². The standard InChI is InChI=1S/C22H31NO2/c1-13(2)18-8-16(5)21(17(6)9-18)25-22(7,12-23)19-10-14(3)20(24)15(4)11-19/h8-11,13,24H,12,23H2,1-7H3. The quantitative estimate of drug-likeness (QED) is 0.804. The average Bonchev–Trinajstić information content (AvgIpc) is 2.54. The van der Waals surface area contributed by atoms with E-state index in [1.165, 1.54) is 5.56 Å². The molecule has 25 heavy (non-hydrogen) atoms. The second-order valence-electron chi connectivity index (χ2n) is 7.63. The molecule has 0 spiro atoms. The summed E-state index contributed by atoms with van der Waals surface area (Å²) in [6, 6.07) is 8.30. The lowest BCUT2D eigenvalue weighted by molar-refractivity contribution is 0.0943. The van der Waals surface area contributed by atoms with Crippen LogP contribution in [-0.2, 0) is 5.60 Å². The lowest BCUT2D eigenvalue weighted by Gasteiger charge is -2.32. The zero-order valence-corrected chi connectivity index (χ0v) is 16.5. The molecular formula is C22H31NO2. The molecule has 2 aromatic rings. The first-order chi connectivity index (χ1) is 11.6. The van der Waals surface area contributed by atoms with Crippen molar-refractivity contribution in [2.45, 2.75) is 60.0 Å². The molecule has 2 aromatic carbocycles. The molecule has 1 unspecified atom stereocenters. The third kappa shape index (κ3) is 3.82. The van der Waals surface area contributed by atoms with Crippen LogP contribution in [0.3, 0.4) is 0 Å². The Bertz CT molecular complexity index is 734. The van der Waals surface area contributed by atoms with E-state index in [-0.39, 0.29) is 0 Å². The number of phenolic OH excluding ortho intramolecular Hbond substituents is 1. The third-order valence-electron chi connectivity index (χ3n) is 4.97. The molecule has 0 amide bonds. The first kappa shape index (κ1) is 19.3. The first-order valence-electron chi connectivity index (χ1n) is 8.90. The molecule has 0 aliphatic heterocycles. The van der Waals surface area contributed by atoms with Gasteiger partial charge >= 0.3 is 0 Å². The van der Waals surface area contributed by atoms with Crippen LogP contribution in [0, 0.1) is 27.7 Å². The molecule has 0 radical (unpaired) electrons. The Morgan fingerprint density at radius 1 is 0.960 bits per heavy atom. The summed E-state index contributed by atoms with van der Waals surface area (Å²) >= 11 is 0. The van der Waals surface area contributed by atoms with Crippen LogP contribution >= 0.6 is 0 Å². The van der Waals surface area contributed by atoms with E-state index in [1.54, 1.807) is 0 Å². The summed E-state index contributed by atoms with van der Waals surface area (Å²) in [6.07, 6.45) is 0. The van der Waals surface area contributed by atoms with E-state index < -0.39 is 5.60 Å². The summed E-state index contributed by atoms with van der Waals surface area (Å²) in [5.74, 6) is 1.70. The average molecular weight is 341 g/mol. The number of aromatic hydroxyl groups is 1. The van der Waals surface area contributed by atoms with Crippen molar-refractivity contribution in [2.24, 2.45) is 5.73 Å². The van der Waals surface area contributed by atoms with Gasteiger partial charge in [-0.05, 0) is 86.1 Å². The zero-order valence-electron chi connectivity index (χ0n) is 16.5. The van der Waals surface area contributed by atoms with Crippen LogP contribution in [0.25, 0.3) is 0 Å². The van der Waals surface area contributed by atoms with E-state index in [9.17, 15) is 5.11 Å². The molecule has 0 aliphatic carbocycles. The fourth-order valence-corrected chi connectivity index (χ4v) is 3.18. The van der Waals surface area contributed by atoms with Gasteiger partial charge in [0.15, 0.2) is 0 Å². The Morgan fingerprint density at radius 2 is 1.44 bits per heavy atom. The maximum absolute atomic E-state index is 10.1. The summed E-state index contributed by atoms with van der Waals surface area (Å²) in [6.45, 7) is 14.7. The van der Waals surface area contributed by atoms with Crippen molar-refractivity contribution in [3.05, 3.63) is 57.6 Å². The second kappa shape index (κ2) is 7.09. The van der Waals surface area contributed by atoms with Crippen molar-refractivity contribution >= 4 is 0 Å². The highest BCUT2D eigenvalue weighted by atomic mass is 16.5. The van der Waals surface area contributed by atoms with Crippen LogP contribution in [0.15, 0.2) is 24.3 Å². The molecule has 0 saturated carbocycles. The number of hydrogen-bond acceptors (Lipinski definition) is 3. The van der Waals surface area contributed by atoms with Gasteiger partial charge < -0.3 is 15.6 Å². The van der Waals surface area contributed by atoms with Gasteiger partial charge in [0.05, 0.1) is 0 Å². The van der Waals surface area contributed by atoms with Gasteiger partial charge in [0.2, 0.25) is 0 Å². The molecule has 0 heterocycles. The van der Waals surface area contributed by atoms with Gasteiger partial charge in [-0.2, -0.15) is 0 Å². The van der Waals surface area contributed by atoms with E-state index in [1.807, 2.05) is 32.9 Å². The molecule has 136 valence electrons. The Balaban J connectivity index is 2.49. The minimum atomic E-state index is -0.655. The molecule has 0 fully saturated rings. The smallest absolute Gasteiger partial charge is 0.143 e. The van der Waals surface area contributed by atoms with Gasteiger partial charge in [-0.15, -0.1) is 0 Å². The van der Waals surface area contributed by atoms with Crippen molar-refractivity contribution < 1.29 is 9.84 Å². The zero-order chi connectivity index (χ0) is 18.9. The van der Waals surface area contributed by atoms with Crippen molar-refractivity contribution in [1.29, 1.82) is 0 Å². The van der Waals surface area contributed by atoms with E-state index in [0.29, 0.717) is 18.2 Å². The number of phenols is 1. The van der Waals surface area contributed by atoms with E-state index in [2.05, 4.69) is 39.8 Å². The summed E-state index contributed by atoms with van der Waals surface area (Å²) in [7, 11) is 0. The summed E-state index contributed by atoms with van der Waals surface area (Å²) in [4.78, 5) is 0. The normalized spacial score (nSPS) is 13.8. The maximum Gasteiger partial charge on any atom is 0.143 e. The number of rotatable bonds is 5. The number of hydrogen-bond donors (Lipinski definition) is 2. The third-order valence-corrected chi connectivity index (χ3v) is 4.97. The van der Waals surface area contributed by atoms with Gasteiger partial charge in [0, 0.05) is 6.54 Å². The fourth-order valence-electron chi connectivity index (χ4n) is 3.18. The van der Waals surface area contributed by atoms with Crippen molar-refractivity contribution in [1.82, 2.24) is 0 Å². The number of nitrogens with two attached hydrogens (primary N) is 1. The van der Waals surface area contributed by atoms with Gasteiger partial charge in [-0.1, -0.05) is 26.0 Å². The van der Waals surface area contributed by atoms with Crippen molar-refractivity contribution in [3.8, 4) is 11.5 Å². The Morgan fingerprint density at radius 3 is 1.84 bits per heavy atom. The lowest BCUT2D eigenvalue weighted by atomic mass is 9.91. The predicted molar refractivity (Wildman–Crippen MR) is 105 cm³/mol. The highest BCUT2D eigenvalue weighted by Gasteiger charge is 2.30. The lowest BCUT2D eigenvalue weighted by Crippen LogP contribution is -2.38. The minimum Gasteiger partial charge on any atom is -0.507 e. The number of aryl methyl sites for hydroxylation is 4. The van der Waals surface area contributed by atoms with E-state index in [4.69, 9.17) is 10.5 Å². The van der Waals surface area contributed by atoms with Crippen LogP contribution in [0.4, 0.5) is 0 Å². The van der Waals surface area contributed by atoms with Gasteiger partial charge in [-0.25, -0.2) is 0 Å². The monoisotopic (exact) mass is 341 g/mol. The number of ether oxygens (including phenoxy) is 1. The summed E-state index contributed by atoms with van der Waals surface area (Å²) in [5.41, 5.74) is 11.7. The van der Waals surface area contributed by atoms with Crippen molar-refractivity contribution in [2.75, 3.05) is 6.54 Å². The second-order valence-corrected chi connectivity index (χ2v) is 7.63. The van der Waals surface area contributed by atoms with Gasteiger partial charge in [0.1, 0.15) is 17.1 Å². The highest BCUT2D eigenvalue weighted by molar-refractivity contribution is 5.47. The van der Waals surface area contributed by atoms with Crippen LogP contribution < -0.4 is 10.5 Å². The summed E-state index contributed by atoms with van der Waals surface area (Å²) < 4.78 is 6.48. The molecule has 3 heteroatoms. The Labute approximate surface area is 151 Å². The molecule has 3 nitrogen and oxygen atoms in total. The Kier molecular flexibility index (Phi) is 5.48. The number of benzene rings is 2. The minimum absolute atomic E-state index is 0.330. The first-order valence-corrected chi connectivity index (χ1v) is 8.90. The molecule has 2 rings (SSSR count). The molecule has 0 bridgehead atoms. The van der Waals surface area contributed by atoms with Gasteiger partial charge in [-0.3, -0.25) is 0 Å².